The maximum absolute atomic E-state index is 5.65. The first-order valence-electron chi connectivity index (χ1n) is 6.36. The maximum atomic E-state index is 5.65. The summed E-state index contributed by atoms with van der Waals surface area (Å²) in [6.45, 7) is 11.0. The minimum Gasteiger partial charge on any atom is -0.399 e. The average molecular weight is 235 g/mol. The molecule has 0 unspecified atom stereocenters. The van der Waals surface area contributed by atoms with Gasteiger partial charge in [-0.3, -0.25) is 4.90 Å². The number of rotatable bonds is 6. The molecule has 0 saturated heterocycles. The second kappa shape index (κ2) is 6.50. The van der Waals surface area contributed by atoms with Crippen LogP contribution in [0.25, 0.3) is 0 Å². The summed E-state index contributed by atoms with van der Waals surface area (Å²) in [5.74, 6) is 0. The Balaban J connectivity index is 2.38. The zero-order valence-electron chi connectivity index (χ0n) is 11.4. The quantitative estimate of drug-likeness (QED) is 0.745. The van der Waals surface area contributed by atoms with Gasteiger partial charge in [-0.2, -0.15) is 0 Å². The van der Waals surface area contributed by atoms with E-state index in [1.807, 2.05) is 24.3 Å². The second-order valence-electron chi connectivity index (χ2n) is 4.97. The number of nitrogen functional groups attached to an aromatic ring is 1. The summed E-state index contributed by atoms with van der Waals surface area (Å²) >= 11 is 0. The molecule has 0 fully saturated rings. The minimum absolute atomic E-state index is 0.586. The molecule has 96 valence electrons. The van der Waals surface area contributed by atoms with Gasteiger partial charge in [0.25, 0.3) is 0 Å². The Bertz CT molecular complexity index is 309. The van der Waals surface area contributed by atoms with Gasteiger partial charge >= 0.3 is 0 Å². The molecular weight excluding hydrogens is 210 g/mol. The van der Waals surface area contributed by atoms with E-state index < -0.39 is 0 Å². The number of nitrogens with one attached hydrogen (secondary N) is 1. The molecule has 0 spiro atoms. The van der Waals surface area contributed by atoms with Crippen LogP contribution in [-0.4, -0.2) is 30.1 Å². The van der Waals surface area contributed by atoms with Crippen molar-refractivity contribution < 1.29 is 0 Å². The van der Waals surface area contributed by atoms with Gasteiger partial charge in [0.1, 0.15) is 0 Å². The molecular formula is C14H25N3. The van der Waals surface area contributed by atoms with Crippen molar-refractivity contribution >= 4 is 11.4 Å². The predicted molar refractivity (Wildman–Crippen MR) is 76.3 cm³/mol. The van der Waals surface area contributed by atoms with Crippen LogP contribution in [0.2, 0.25) is 0 Å². The van der Waals surface area contributed by atoms with Crippen molar-refractivity contribution in [2.75, 3.05) is 24.1 Å². The third-order valence-electron chi connectivity index (χ3n) is 2.94. The molecule has 0 saturated carbocycles. The van der Waals surface area contributed by atoms with E-state index in [9.17, 15) is 0 Å². The van der Waals surface area contributed by atoms with E-state index in [1.54, 1.807) is 0 Å². The lowest BCUT2D eigenvalue weighted by molar-refractivity contribution is 0.182. The lowest BCUT2D eigenvalue weighted by Gasteiger charge is -2.30. The molecule has 0 amide bonds. The molecule has 3 N–H and O–H groups in total. The smallest absolute Gasteiger partial charge is 0.0342 e. The van der Waals surface area contributed by atoms with Crippen molar-refractivity contribution in [3.63, 3.8) is 0 Å². The maximum Gasteiger partial charge on any atom is 0.0342 e. The molecule has 1 aromatic carbocycles. The van der Waals surface area contributed by atoms with Gasteiger partial charge in [0.05, 0.1) is 0 Å². The Morgan fingerprint density at radius 3 is 2.06 bits per heavy atom. The van der Waals surface area contributed by atoms with Gasteiger partial charge in [0.15, 0.2) is 0 Å². The van der Waals surface area contributed by atoms with Gasteiger partial charge in [-0.05, 0) is 52.0 Å². The van der Waals surface area contributed by atoms with Crippen LogP contribution in [-0.2, 0) is 0 Å². The molecule has 3 nitrogen and oxygen atoms in total. The van der Waals surface area contributed by atoms with Gasteiger partial charge in [-0.1, -0.05) is 0 Å². The molecule has 0 aliphatic heterocycles. The van der Waals surface area contributed by atoms with Crippen molar-refractivity contribution in [1.82, 2.24) is 4.90 Å². The number of hydrogen-bond donors (Lipinski definition) is 2. The van der Waals surface area contributed by atoms with Crippen LogP contribution < -0.4 is 11.1 Å². The number of anilines is 2. The summed E-state index contributed by atoms with van der Waals surface area (Å²) in [6, 6.07) is 9.05. The van der Waals surface area contributed by atoms with E-state index in [-0.39, 0.29) is 0 Å². The average Bonchev–Trinajstić information content (AvgIpc) is 2.25. The third-order valence-corrected chi connectivity index (χ3v) is 2.94. The van der Waals surface area contributed by atoms with E-state index in [2.05, 4.69) is 37.9 Å². The summed E-state index contributed by atoms with van der Waals surface area (Å²) in [7, 11) is 0. The van der Waals surface area contributed by atoms with E-state index >= 15 is 0 Å². The highest BCUT2D eigenvalue weighted by Gasteiger charge is 2.11. The summed E-state index contributed by atoms with van der Waals surface area (Å²) < 4.78 is 0. The van der Waals surface area contributed by atoms with E-state index in [0.717, 1.165) is 24.5 Å². The molecule has 0 aliphatic carbocycles. The van der Waals surface area contributed by atoms with Crippen molar-refractivity contribution in [3.05, 3.63) is 24.3 Å². The summed E-state index contributed by atoms with van der Waals surface area (Å²) in [5.41, 5.74) is 7.59. The van der Waals surface area contributed by atoms with Crippen LogP contribution >= 0.6 is 0 Å². The second-order valence-corrected chi connectivity index (χ2v) is 4.97. The number of hydrogen-bond acceptors (Lipinski definition) is 3. The summed E-state index contributed by atoms with van der Waals surface area (Å²) in [6.07, 6.45) is 0. The van der Waals surface area contributed by atoms with Gasteiger partial charge < -0.3 is 11.1 Å². The minimum atomic E-state index is 0.586. The van der Waals surface area contributed by atoms with Gasteiger partial charge in [-0.15, -0.1) is 0 Å². The fourth-order valence-corrected chi connectivity index (χ4v) is 2.04. The van der Waals surface area contributed by atoms with Crippen molar-refractivity contribution in [2.45, 2.75) is 39.8 Å². The summed E-state index contributed by atoms with van der Waals surface area (Å²) in [5, 5.41) is 3.41. The molecule has 3 heteroatoms. The normalized spacial score (nSPS) is 11.5. The topological polar surface area (TPSA) is 41.3 Å². The Morgan fingerprint density at radius 2 is 1.59 bits per heavy atom. The zero-order chi connectivity index (χ0) is 12.8. The molecule has 0 radical (unpaired) electrons. The Kier molecular flexibility index (Phi) is 5.29. The van der Waals surface area contributed by atoms with E-state index in [0.29, 0.717) is 12.1 Å². The van der Waals surface area contributed by atoms with E-state index in [4.69, 9.17) is 5.73 Å². The monoisotopic (exact) mass is 235 g/mol. The number of nitrogens with two attached hydrogens (primary N) is 1. The van der Waals surface area contributed by atoms with E-state index in [1.165, 1.54) is 0 Å². The van der Waals surface area contributed by atoms with Gasteiger partial charge in [-0.25, -0.2) is 0 Å². The highest BCUT2D eigenvalue weighted by molar-refractivity contribution is 5.51. The molecule has 0 bridgehead atoms. The zero-order valence-corrected chi connectivity index (χ0v) is 11.4. The SMILES string of the molecule is CC(C)N(CCNc1ccc(N)cc1)C(C)C. The van der Waals surface area contributed by atoms with Crippen molar-refractivity contribution in [3.8, 4) is 0 Å². The first-order chi connectivity index (χ1) is 8.00. The van der Waals surface area contributed by atoms with Gasteiger partial charge in [0, 0.05) is 36.5 Å². The lowest BCUT2D eigenvalue weighted by Crippen LogP contribution is -2.40. The molecule has 1 rings (SSSR count). The van der Waals surface area contributed by atoms with Crippen LogP contribution in [0.5, 0.6) is 0 Å². The van der Waals surface area contributed by atoms with Crippen LogP contribution in [0.3, 0.4) is 0 Å². The standard InChI is InChI=1S/C14H25N3/c1-11(2)17(12(3)4)10-9-16-14-7-5-13(15)6-8-14/h5-8,11-12,16H,9-10,15H2,1-4H3. The van der Waals surface area contributed by atoms with Crippen molar-refractivity contribution in [1.29, 1.82) is 0 Å². The molecule has 0 aliphatic rings. The molecule has 0 atom stereocenters. The number of nitrogens with zero attached hydrogens (tertiary/aromatic N) is 1. The van der Waals surface area contributed by atoms with Gasteiger partial charge in [0.2, 0.25) is 0 Å². The Morgan fingerprint density at radius 1 is 1.06 bits per heavy atom. The van der Waals surface area contributed by atoms with Crippen LogP contribution in [0.1, 0.15) is 27.7 Å². The van der Waals surface area contributed by atoms with Crippen LogP contribution in [0, 0.1) is 0 Å². The first kappa shape index (κ1) is 13.8. The number of benzene rings is 1. The van der Waals surface area contributed by atoms with Crippen LogP contribution in [0.15, 0.2) is 24.3 Å². The van der Waals surface area contributed by atoms with Crippen molar-refractivity contribution in [2.24, 2.45) is 0 Å². The fraction of sp³-hybridized carbons (Fsp3) is 0.571. The fourth-order valence-electron chi connectivity index (χ4n) is 2.04. The summed E-state index contributed by atoms with van der Waals surface area (Å²) in [4.78, 5) is 2.48. The predicted octanol–water partition coefficient (Wildman–Crippen LogP) is 2.80. The molecule has 0 aromatic heterocycles. The highest BCUT2D eigenvalue weighted by Crippen LogP contribution is 2.10. The third kappa shape index (κ3) is 4.65. The molecule has 17 heavy (non-hydrogen) atoms. The molecule has 1 aromatic rings. The largest absolute Gasteiger partial charge is 0.399 e. The van der Waals surface area contributed by atoms with Crippen LogP contribution in [0.4, 0.5) is 11.4 Å². The Labute approximate surface area is 105 Å². The highest BCUT2D eigenvalue weighted by atomic mass is 15.2. The first-order valence-corrected chi connectivity index (χ1v) is 6.36. The Hall–Kier alpha value is -1.22. The molecule has 0 heterocycles. The lowest BCUT2D eigenvalue weighted by atomic mass is 10.2.